The monoisotopic (exact) mass is 243 g/mol. The molecule has 0 saturated heterocycles. The van der Waals surface area contributed by atoms with Crippen molar-refractivity contribution in [3.05, 3.63) is 59.4 Å². The normalized spacial score (nSPS) is 12.2. The zero-order valence-corrected chi connectivity index (χ0v) is 10.6. The maximum atomic E-state index is 10.3. The van der Waals surface area contributed by atoms with Crippen LogP contribution in [0.25, 0.3) is 0 Å². The summed E-state index contributed by atoms with van der Waals surface area (Å²) in [6.07, 6.45) is 3.41. The minimum absolute atomic E-state index is 0.524. The highest BCUT2D eigenvalue weighted by Crippen LogP contribution is 2.25. The number of hydrogen-bond acceptors (Lipinski definition) is 3. The molecule has 3 heteroatoms. The van der Waals surface area contributed by atoms with Crippen LogP contribution in [0.1, 0.15) is 22.8 Å². The fourth-order valence-electron chi connectivity index (χ4n) is 2.01. The molecule has 18 heavy (non-hydrogen) atoms. The molecule has 1 atom stereocenters. The number of nitrogens with zero attached hydrogens (tertiary/aromatic N) is 1. The third kappa shape index (κ3) is 2.68. The fourth-order valence-corrected chi connectivity index (χ4v) is 2.01. The van der Waals surface area contributed by atoms with Gasteiger partial charge in [0.05, 0.1) is 13.2 Å². The largest absolute Gasteiger partial charge is 0.496 e. The number of hydrogen-bond donors (Lipinski definition) is 1. The maximum absolute atomic E-state index is 10.3. The number of aromatic nitrogens is 1. The molecule has 2 aromatic rings. The molecule has 1 aromatic heterocycles. The van der Waals surface area contributed by atoms with Crippen molar-refractivity contribution in [2.45, 2.75) is 19.4 Å². The van der Waals surface area contributed by atoms with Crippen LogP contribution in [0.3, 0.4) is 0 Å². The van der Waals surface area contributed by atoms with E-state index in [1.165, 1.54) is 0 Å². The molecule has 0 amide bonds. The number of aliphatic hydroxyl groups excluding tert-OH is 1. The van der Waals surface area contributed by atoms with E-state index < -0.39 is 6.10 Å². The fraction of sp³-hybridized carbons (Fsp3) is 0.267. The minimum atomic E-state index is -0.560. The van der Waals surface area contributed by atoms with Crippen LogP contribution in [0.15, 0.2) is 42.7 Å². The van der Waals surface area contributed by atoms with Gasteiger partial charge >= 0.3 is 0 Å². The van der Waals surface area contributed by atoms with Crippen LogP contribution >= 0.6 is 0 Å². The molecule has 1 heterocycles. The summed E-state index contributed by atoms with van der Waals surface area (Å²) in [7, 11) is 1.64. The first-order valence-corrected chi connectivity index (χ1v) is 5.93. The van der Waals surface area contributed by atoms with E-state index in [9.17, 15) is 5.11 Å². The van der Waals surface area contributed by atoms with Crippen molar-refractivity contribution in [3.63, 3.8) is 0 Å². The Labute approximate surface area is 107 Å². The van der Waals surface area contributed by atoms with Gasteiger partial charge in [-0.1, -0.05) is 18.2 Å². The van der Waals surface area contributed by atoms with E-state index in [1.54, 1.807) is 19.5 Å². The predicted octanol–water partition coefficient (Wildman–Crippen LogP) is 2.67. The van der Waals surface area contributed by atoms with E-state index in [-0.39, 0.29) is 0 Å². The standard InChI is InChI=1S/C15H17NO2/c1-11-7-8-16-10-13(11)14(17)9-12-5-3-4-6-15(12)18-2/h3-8,10,14,17H,9H2,1-2H3. The van der Waals surface area contributed by atoms with Crippen molar-refractivity contribution in [3.8, 4) is 5.75 Å². The van der Waals surface area contributed by atoms with Gasteiger partial charge in [-0.25, -0.2) is 0 Å². The lowest BCUT2D eigenvalue weighted by Crippen LogP contribution is -2.05. The van der Waals surface area contributed by atoms with Crippen molar-refractivity contribution >= 4 is 0 Å². The van der Waals surface area contributed by atoms with Crippen LogP contribution in [-0.4, -0.2) is 17.2 Å². The summed E-state index contributed by atoms with van der Waals surface area (Å²) in [6, 6.07) is 9.64. The number of aliphatic hydroxyl groups is 1. The molecule has 1 N–H and O–H groups in total. The summed E-state index contributed by atoms with van der Waals surface area (Å²) >= 11 is 0. The summed E-state index contributed by atoms with van der Waals surface area (Å²) in [6.45, 7) is 1.97. The van der Waals surface area contributed by atoms with Gasteiger partial charge in [0.25, 0.3) is 0 Å². The highest BCUT2D eigenvalue weighted by Gasteiger charge is 2.13. The number of benzene rings is 1. The lowest BCUT2D eigenvalue weighted by molar-refractivity contribution is 0.176. The Kier molecular flexibility index (Phi) is 3.95. The maximum Gasteiger partial charge on any atom is 0.122 e. The Morgan fingerprint density at radius 1 is 1.28 bits per heavy atom. The number of para-hydroxylation sites is 1. The number of methoxy groups -OCH3 is 1. The van der Waals surface area contributed by atoms with Gasteiger partial charge in [0.15, 0.2) is 0 Å². The molecule has 0 aliphatic rings. The van der Waals surface area contributed by atoms with Gasteiger partial charge in [0, 0.05) is 24.4 Å². The third-order valence-corrected chi connectivity index (χ3v) is 3.04. The summed E-state index contributed by atoms with van der Waals surface area (Å²) in [5.74, 6) is 0.804. The van der Waals surface area contributed by atoms with Crippen molar-refractivity contribution in [1.82, 2.24) is 4.98 Å². The second kappa shape index (κ2) is 5.65. The van der Waals surface area contributed by atoms with E-state index in [0.717, 1.165) is 22.4 Å². The summed E-state index contributed by atoms with van der Waals surface area (Å²) in [5, 5.41) is 10.3. The molecule has 1 aromatic carbocycles. The highest BCUT2D eigenvalue weighted by molar-refractivity contribution is 5.35. The molecule has 0 bridgehead atoms. The van der Waals surface area contributed by atoms with Crippen LogP contribution in [0.4, 0.5) is 0 Å². The second-order valence-corrected chi connectivity index (χ2v) is 4.26. The summed E-state index contributed by atoms with van der Waals surface area (Å²) < 4.78 is 5.29. The zero-order valence-electron chi connectivity index (χ0n) is 10.6. The van der Waals surface area contributed by atoms with Crippen molar-refractivity contribution in [1.29, 1.82) is 0 Å². The molecular weight excluding hydrogens is 226 g/mol. The van der Waals surface area contributed by atoms with Gasteiger partial charge in [-0.15, -0.1) is 0 Å². The average molecular weight is 243 g/mol. The molecule has 0 fully saturated rings. The van der Waals surface area contributed by atoms with Gasteiger partial charge in [0.2, 0.25) is 0 Å². The van der Waals surface area contributed by atoms with Crippen LogP contribution < -0.4 is 4.74 Å². The number of aryl methyl sites for hydroxylation is 1. The Morgan fingerprint density at radius 3 is 2.78 bits per heavy atom. The molecule has 2 rings (SSSR count). The Balaban J connectivity index is 2.21. The van der Waals surface area contributed by atoms with Gasteiger partial charge < -0.3 is 9.84 Å². The molecule has 94 valence electrons. The van der Waals surface area contributed by atoms with Gasteiger partial charge in [-0.05, 0) is 30.2 Å². The molecule has 3 nitrogen and oxygen atoms in total. The van der Waals surface area contributed by atoms with E-state index in [1.807, 2.05) is 37.3 Å². The van der Waals surface area contributed by atoms with Crippen LogP contribution in [-0.2, 0) is 6.42 Å². The average Bonchev–Trinajstić information content (AvgIpc) is 2.39. The van der Waals surface area contributed by atoms with E-state index in [0.29, 0.717) is 6.42 Å². The highest BCUT2D eigenvalue weighted by atomic mass is 16.5. The van der Waals surface area contributed by atoms with Crippen molar-refractivity contribution in [2.75, 3.05) is 7.11 Å². The first-order valence-electron chi connectivity index (χ1n) is 5.93. The molecule has 0 radical (unpaired) electrons. The molecule has 0 saturated carbocycles. The van der Waals surface area contributed by atoms with E-state index in [4.69, 9.17) is 4.74 Å². The predicted molar refractivity (Wildman–Crippen MR) is 70.6 cm³/mol. The molecule has 0 spiro atoms. The lowest BCUT2D eigenvalue weighted by atomic mass is 9.99. The van der Waals surface area contributed by atoms with Crippen LogP contribution in [0, 0.1) is 6.92 Å². The Morgan fingerprint density at radius 2 is 2.06 bits per heavy atom. The van der Waals surface area contributed by atoms with Gasteiger partial charge in [-0.2, -0.15) is 0 Å². The zero-order chi connectivity index (χ0) is 13.0. The van der Waals surface area contributed by atoms with Crippen molar-refractivity contribution in [2.24, 2.45) is 0 Å². The molecular formula is C15H17NO2. The van der Waals surface area contributed by atoms with Crippen LogP contribution in [0.5, 0.6) is 5.75 Å². The molecule has 0 aliphatic carbocycles. The SMILES string of the molecule is COc1ccccc1CC(O)c1cnccc1C. The summed E-state index contributed by atoms with van der Waals surface area (Å²) in [5.41, 5.74) is 2.91. The van der Waals surface area contributed by atoms with Gasteiger partial charge in [0.1, 0.15) is 5.75 Å². The first-order chi connectivity index (χ1) is 8.72. The number of pyridine rings is 1. The third-order valence-electron chi connectivity index (χ3n) is 3.04. The Hall–Kier alpha value is -1.87. The number of ether oxygens (including phenoxy) is 1. The minimum Gasteiger partial charge on any atom is -0.496 e. The van der Waals surface area contributed by atoms with Gasteiger partial charge in [-0.3, -0.25) is 4.98 Å². The quantitative estimate of drug-likeness (QED) is 0.897. The molecule has 1 unspecified atom stereocenters. The lowest BCUT2D eigenvalue weighted by Gasteiger charge is -2.15. The van der Waals surface area contributed by atoms with E-state index in [2.05, 4.69) is 4.98 Å². The summed E-state index contributed by atoms with van der Waals surface area (Å²) in [4.78, 5) is 4.06. The second-order valence-electron chi connectivity index (χ2n) is 4.26. The topological polar surface area (TPSA) is 42.4 Å². The first kappa shape index (κ1) is 12.6. The molecule has 0 aliphatic heterocycles. The van der Waals surface area contributed by atoms with Crippen molar-refractivity contribution < 1.29 is 9.84 Å². The number of rotatable bonds is 4. The smallest absolute Gasteiger partial charge is 0.122 e. The van der Waals surface area contributed by atoms with Crippen LogP contribution in [0.2, 0.25) is 0 Å². The Bertz CT molecular complexity index is 525. The van der Waals surface area contributed by atoms with E-state index >= 15 is 0 Å².